The van der Waals surface area contributed by atoms with E-state index in [9.17, 15) is 0 Å². The zero-order valence-corrected chi connectivity index (χ0v) is 15.4. The molecule has 0 radical (unpaired) electrons. The largest absolute Gasteiger partial charge is 0.256 e. The molecule has 0 unspecified atom stereocenters. The molecule has 0 bridgehead atoms. The Morgan fingerprint density at radius 1 is 0.952 bits per heavy atom. The van der Waals surface area contributed by atoms with Gasteiger partial charge in [-0.05, 0) is 53.8 Å². The zero-order valence-electron chi connectivity index (χ0n) is 14.4. The number of benzene rings is 1. The highest BCUT2D eigenvalue weighted by molar-refractivity contribution is 6.89. The molecule has 1 aromatic heterocycles. The summed E-state index contributed by atoms with van der Waals surface area (Å²) >= 11 is 0. The molecule has 0 spiro atoms. The standard InChI is InChI=1S/C19H27NSi/c1-13(2)17-11-18(20-12-19(17)21(5,6)7)16-9-8-14(3)15(4)10-16/h8-13H,1-7H3. The van der Waals surface area contributed by atoms with Crippen molar-refractivity contribution in [1.29, 1.82) is 0 Å². The lowest BCUT2D eigenvalue weighted by Gasteiger charge is -2.23. The van der Waals surface area contributed by atoms with Crippen LogP contribution in [0.25, 0.3) is 11.3 Å². The van der Waals surface area contributed by atoms with Gasteiger partial charge in [0.15, 0.2) is 0 Å². The van der Waals surface area contributed by atoms with Gasteiger partial charge in [0, 0.05) is 11.8 Å². The predicted molar refractivity (Wildman–Crippen MR) is 96.2 cm³/mol. The Balaban J connectivity index is 2.56. The third-order valence-electron chi connectivity index (χ3n) is 4.17. The van der Waals surface area contributed by atoms with Gasteiger partial charge in [-0.2, -0.15) is 0 Å². The van der Waals surface area contributed by atoms with Gasteiger partial charge in [-0.15, -0.1) is 0 Å². The summed E-state index contributed by atoms with van der Waals surface area (Å²) in [5, 5.41) is 1.49. The van der Waals surface area contributed by atoms with Crippen molar-refractivity contribution in [1.82, 2.24) is 4.98 Å². The van der Waals surface area contributed by atoms with Crippen LogP contribution in [-0.2, 0) is 0 Å². The van der Waals surface area contributed by atoms with Crippen molar-refractivity contribution in [3.05, 3.63) is 47.2 Å². The van der Waals surface area contributed by atoms with Crippen molar-refractivity contribution in [3.63, 3.8) is 0 Å². The Hall–Kier alpha value is -1.41. The molecule has 0 saturated carbocycles. The van der Waals surface area contributed by atoms with E-state index >= 15 is 0 Å². The lowest BCUT2D eigenvalue weighted by Crippen LogP contribution is -2.40. The van der Waals surface area contributed by atoms with Gasteiger partial charge in [-0.3, -0.25) is 4.98 Å². The first kappa shape index (κ1) is 16.0. The Morgan fingerprint density at radius 2 is 1.62 bits per heavy atom. The Bertz CT molecular complexity index is 651. The minimum atomic E-state index is -1.35. The highest BCUT2D eigenvalue weighted by Crippen LogP contribution is 2.24. The zero-order chi connectivity index (χ0) is 15.8. The fraction of sp³-hybridized carbons (Fsp3) is 0.421. The van der Waals surface area contributed by atoms with E-state index in [-0.39, 0.29) is 0 Å². The summed E-state index contributed by atoms with van der Waals surface area (Å²) in [6.45, 7) is 16.1. The highest BCUT2D eigenvalue weighted by Gasteiger charge is 2.22. The number of nitrogens with zero attached hydrogens (tertiary/aromatic N) is 1. The van der Waals surface area contributed by atoms with E-state index in [2.05, 4.69) is 77.8 Å². The molecule has 0 N–H and O–H groups in total. The summed E-state index contributed by atoms with van der Waals surface area (Å²) in [4.78, 5) is 4.76. The Kier molecular flexibility index (Phi) is 4.38. The first-order valence-electron chi connectivity index (χ1n) is 7.78. The molecule has 112 valence electrons. The average Bonchev–Trinajstić information content (AvgIpc) is 2.40. The van der Waals surface area contributed by atoms with E-state index < -0.39 is 8.07 Å². The molecule has 1 heterocycles. The van der Waals surface area contributed by atoms with Crippen LogP contribution in [0.5, 0.6) is 0 Å². The minimum Gasteiger partial charge on any atom is -0.256 e. The summed E-state index contributed by atoms with van der Waals surface area (Å²) in [7, 11) is -1.35. The molecule has 0 atom stereocenters. The number of aryl methyl sites for hydroxylation is 2. The maximum absolute atomic E-state index is 4.76. The van der Waals surface area contributed by atoms with Crippen molar-refractivity contribution in [2.45, 2.75) is 53.3 Å². The Labute approximate surface area is 130 Å². The van der Waals surface area contributed by atoms with Gasteiger partial charge in [-0.25, -0.2) is 0 Å². The van der Waals surface area contributed by atoms with E-state index in [0.717, 1.165) is 5.69 Å². The van der Waals surface area contributed by atoms with E-state index in [0.29, 0.717) is 5.92 Å². The maximum Gasteiger partial charge on any atom is 0.0799 e. The van der Waals surface area contributed by atoms with Gasteiger partial charge >= 0.3 is 0 Å². The van der Waals surface area contributed by atoms with Crippen LogP contribution < -0.4 is 5.19 Å². The number of aromatic nitrogens is 1. The Morgan fingerprint density at radius 3 is 2.14 bits per heavy atom. The van der Waals surface area contributed by atoms with Crippen molar-refractivity contribution in [3.8, 4) is 11.3 Å². The molecule has 1 aromatic carbocycles. The monoisotopic (exact) mass is 297 g/mol. The molecule has 0 amide bonds. The molecule has 2 heteroatoms. The molecule has 21 heavy (non-hydrogen) atoms. The van der Waals surface area contributed by atoms with Crippen LogP contribution in [0, 0.1) is 13.8 Å². The molecule has 0 aliphatic carbocycles. The van der Waals surface area contributed by atoms with Crippen LogP contribution in [0.4, 0.5) is 0 Å². The first-order chi connectivity index (χ1) is 9.70. The summed E-state index contributed by atoms with van der Waals surface area (Å²) < 4.78 is 0. The normalized spacial score (nSPS) is 12.0. The topological polar surface area (TPSA) is 12.9 Å². The fourth-order valence-electron chi connectivity index (χ4n) is 2.63. The van der Waals surface area contributed by atoms with Gasteiger partial charge in [0.1, 0.15) is 0 Å². The summed E-state index contributed by atoms with van der Waals surface area (Å²) in [5.74, 6) is 0.542. The van der Waals surface area contributed by atoms with E-state index in [1.165, 1.54) is 27.4 Å². The molecule has 2 rings (SSSR count). The number of hydrogen-bond donors (Lipinski definition) is 0. The molecule has 0 fully saturated rings. The quantitative estimate of drug-likeness (QED) is 0.724. The molecule has 2 aromatic rings. The van der Waals surface area contributed by atoms with Crippen molar-refractivity contribution >= 4 is 13.3 Å². The summed E-state index contributed by atoms with van der Waals surface area (Å²) in [6.07, 6.45) is 2.13. The smallest absolute Gasteiger partial charge is 0.0799 e. The third kappa shape index (κ3) is 3.43. The van der Waals surface area contributed by atoms with Crippen LogP contribution in [0.15, 0.2) is 30.5 Å². The van der Waals surface area contributed by atoms with Crippen molar-refractivity contribution in [2.24, 2.45) is 0 Å². The third-order valence-corrected chi connectivity index (χ3v) is 6.20. The number of pyridine rings is 1. The fourth-order valence-corrected chi connectivity index (χ4v) is 4.31. The SMILES string of the molecule is Cc1ccc(-c2cc(C(C)C)c([Si](C)(C)C)cn2)cc1C. The second-order valence-electron chi connectivity index (χ2n) is 7.36. The van der Waals surface area contributed by atoms with Gasteiger partial charge in [-0.1, -0.05) is 45.6 Å². The second-order valence-corrected chi connectivity index (χ2v) is 12.4. The van der Waals surface area contributed by atoms with Crippen LogP contribution in [0.1, 0.15) is 36.5 Å². The minimum absolute atomic E-state index is 0.542. The van der Waals surface area contributed by atoms with Gasteiger partial charge in [0.2, 0.25) is 0 Å². The molecule has 0 saturated heterocycles. The highest BCUT2D eigenvalue weighted by atomic mass is 28.3. The molecule has 0 aliphatic rings. The van der Waals surface area contributed by atoms with Gasteiger partial charge in [0.25, 0.3) is 0 Å². The number of rotatable bonds is 3. The van der Waals surface area contributed by atoms with Crippen molar-refractivity contribution < 1.29 is 0 Å². The summed E-state index contributed by atoms with van der Waals surface area (Å²) in [6, 6.07) is 8.93. The van der Waals surface area contributed by atoms with E-state index in [1.54, 1.807) is 0 Å². The lowest BCUT2D eigenvalue weighted by molar-refractivity contribution is 0.870. The predicted octanol–water partition coefficient (Wildman–Crippen LogP) is 5.03. The van der Waals surface area contributed by atoms with E-state index in [1.807, 2.05) is 0 Å². The van der Waals surface area contributed by atoms with Crippen molar-refractivity contribution in [2.75, 3.05) is 0 Å². The number of hydrogen-bond acceptors (Lipinski definition) is 1. The lowest BCUT2D eigenvalue weighted by atomic mass is 9.99. The van der Waals surface area contributed by atoms with Gasteiger partial charge < -0.3 is 0 Å². The van der Waals surface area contributed by atoms with E-state index in [4.69, 9.17) is 4.98 Å². The molecular weight excluding hydrogens is 270 g/mol. The molecule has 1 nitrogen and oxygen atoms in total. The van der Waals surface area contributed by atoms with Crippen LogP contribution >= 0.6 is 0 Å². The summed E-state index contributed by atoms with van der Waals surface area (Å²) in [5.41, 5.74) is 6.46. The van der Waals surface area contributed by atoms with Crippen LogP contribution in [-0.4, -0.2) is 13.1 Å². The molecular formula is C19H27NSi. The van der Waals surface area contributed by atoms with Crippen LogP contribution in [0.2, 0.25) is 19.6 Å². The molecule has 0 aliphatic heterocycles. The maximum atomic E-state index is 4.76. The van der Waals surface area contributed by atoms with Gasteiger partial charge in [0.05, 0.1) is 13.8 Å². The second kappa shape index (κ2) is 5.76. The average molecular weight is 298 g/mol. The first-order valence-corrected chi connectivity index (χ1v) is 11.3. The van der Waals surface area contributed by atoms with Crippen LogP contribution in [0.3, 0.4) is 0 Å².